The molecule has 0 amide bonds. The molecule has 5 heteroatoms. The second kappa shape index (κ2) is 10.3. The lowest BCUT2D eigenvalue weighted by molar-refractivity contribution is -0.106. The van der Waals surface area contributed by atoms with Crippen molar-refractivity contribution >= 4 is 15.9 Å². The summed E-state index contributed by atoms with van der Waals surface area (Å²) in [7, 11) is 3.21. The molecule has 0 fully saturated rings. The van der Waals surface area contributed by atoms with Crippen LogP contribution in [0.25, 0.3) is 0 Å². The second-order valence-electron chi connectivity index (χ2n) is 6.18. The molecule has 3 rings (SSSR count). The fourth-order valence-electron chi connectivity index (χ4n) is 2.80. The van der Waals surface area contributed by atoms with Crippen molar-refractivity contribution < 1.29 is 18.9 Å². The van der Waals surface area contributed by atoms with E-state index in [1.54, 1.807) is 14.2 Å². The lowest BCUT2D eigenvalue weighted by Crippen LogP contribution is -2.06. The van der Waals surface area contributed by atoms with Crippen LogP contribution in [0.3, 0.4) is 0 Å². The summed E-state index contributed by atoms with van der Waals surface area (Å²) < 4.78 is 23.8. The fraction of sp³-hybridized carbons (Fsp3) is 0.217. The number of methoxy groups -OCH3 is 2. The minimum absolute atomic E-state index is 0.434. The first-order valence-electron chi connectivity index (χ1n) is 8.93. The number of benzene rings is 3. The largest absolute Gasteiger partial charge is 0.485 e. The molecule has 0 heterocycles. The van der Waals surface area contributed by atoms with Gasteiger partial charge in [-0.1, -0.05) is 60.7 Å². The summed E-state index contributed by atoms with van der Waals surface area (Å²) in [5.41, 5.74) is 3.00. The van der Waals surface area contributed by atoms with Crippen LogP contribution in [0.2, 0.25) is 0 Å². The third-order valence-corrected chi connectivity index (χ3v) is 4.78. The smallest absolute Gasteiger partial charge is 0.183 e. The predicted molar refractivity (Wildman–Crippen MR) is 112 cm³/mol. The van der Waals surface area contributed by atoms with E-state index in [0.717, 1.165) is 21.2 Å². The van der Waals surface area contributed by atoms with Gasteiger partial charge in [-0.05, 0) is 39.2 Å². The molecule has 0 atom stereocenters. The molecular weight excluding hydrogens is 420 g/mol. The van der Waals surface area contributed by atoms with E-state index >= 15 is 0 Å². The van der Waals surface area contributed by atoms with Crippen molar-refractivity contribution in [2.75, 3.05) is 14.2 Å². The minimum Gasteiger partial charge on any atom is -0.485 e. The van der Waals surface area contributed by atoms with Crippen molar-refractivity contribution in [1.82, 2.24) is 0 Å². The molecule has 0 spiro atoms. The highest BCUT2D eigenvalue weighted by atomic mass is 79.9. The number of hydrogen-bond donors (Lipinski definition) is 0. The third kappa shape index (κ3) is 5.35. The molecule has 0 bridgehead atoms. The molecule has 0 aliphatic heterocycles. The van der Waals surface area contributed by atoms with Crippen LogP contribution in [-0.4, -0.2) is 14.2 Å². The summed E-state index contributed by atoms with van der Waals surface area (Å²) in [6.07, 6.45) is -0.487. The molecular formula is C23H23BrO4. The van der Waals surface area contributed by atoms with Crippen molar-refractivity contribution in [2.24, 2.45) is 0 Å². The van der Waals surface area contributed by atoms with Crippen molar-refractivity contribution in [3.8, 4) is 11.5 Å². The molecule has 0 saturated carbocycles. The van der Waals surface area contributed by atoms with E-state index in [4.69, 9.17) is 18.9 Å². The number of ether oxygens (including phenoxy) is 4. The van der Waals surface area contributed by atoms with Gasteiger partial charge in [0.05, 0.1) is 4.47 Å². The first-order chi connectivity index (χ1) is 13.7. The first-order valence-corrected chi connectivity index (χ1v) is 9.73. The van der Waals surface area contributed by atoms with Crippen molar-refractivity contribution in [2.45, 2.75) is 19.5 Å². The summed E-state index contributed by atoms with van der Waals surface area (Å²) >= 11 is 3.61. The zero-order valence-electron chi connectivity index (χ0n) is 15.9. The highest BCUT2D eigenvalue weighted by Gasteiger charge is 2.18. The van der Waals surface area contributed by atoms with E-state index in [9.17, 15) is 0 Å². The van der Waals surface area contributed by atoms with Gasteiger partial charge >= 0.3 is 0 Å². The summed E-state index contributed by atoms with van der Waals surface area (Å²) in [6.45, 7) is 0.877. The van der Waals surface area contributed by atoms with Crippen LogP contribution in [0, 0.1) is 0 Å². The Morgan fingerprint density at radius 3 is 1.82 bits per heavy atom. The lowest BCUT2D eigenvalue weighted by Gasteiger charge is -2.19. The zero-order chi connectivity index (χ0) is 19.8. The SMILES string of the molecule is COC(OC)c1cc(Br)c(OCc2ccccc2)c(OCc2ccccc2)c1. The van der Waals surface area contributed by atoms with E-state index in [0.29, 0.717) is 24.7 Å². The Morgan fingerprint density at radius 2 is 1.29 bits per heavy atom. The Labute approximate surface area is 174 Å². The number of rotatable bonds is 9. The molecule has 28 heavy (non-hydrogen) atoms. The quantitative estimate of drug-likeness (QED) is 0.386. The van der Waals surface area contributed by atoms with Crippen LogP contribution in [0.4, 0.5) is 0 Å². The Bertz CT molecular complexity index is 865. The average Bonchev–Trinajstić information content (AvgIpc) is 2.74. The van der Waals surface area contributed by atoms with Gasteiger partial charge in [0.25, 0.3) is 0 Å². The van der Waals surface area contributed by atoms with Gasteiger partial charge < -0.3 is 18.9 Å². The van der Waals surface area contributed by atoms with Gasteiger partial charge in [0.15, 0.2) is 17.8 Å². The second-order valence-corrected chi connectivity index (χ2v) is 7.04. The molecule has 0 N–H and O–H groups in total. The van der Waals surface area contributed by atoms with Crippen LogP contribution in [0.1, 0.15) is 23.0 Å². The highest BCUT2D eigenvalue weighted by Crippen LogP contribution is 2.40. The maximum atomic E-state index is 6.11. The molecule has 0 aromatic heterocycles. The monoisotopic (exact) mass is 442 g/mol. The molecule has 0 saturated heterocycles. The third-order valence-electron chi connectivity index (χ3n) is 4.20. The Balaban J connectivity index is 1.86. The summed E-state index contributed by atoms with van der Waals surface area (Å²) in [5.74, 6) is 1.28. The Morgan fingerprint density at radius 1 is 0.750 bits per heavy atom. The molecule has 0 radical (unpaired) electrons. The molecule has 0 aliphatic carbocycles. The number of halogens is 1. The van der Waals surface area contributed by atoms with Gasteiger partial charge in [-0.15, -0.1) is 0 Å². The van der Waals surface area contributed by atoms with E-state index < -0.39 is 6.29 Å². The van der Waals surface area contributed by atoms with Gasteiger partial charge in [0.2, 0.25) is 0 Å². The van der Waals surface area contributed by atoms with Gasteiger partial charge in [-0.3, -0.25) is 0 Å². The summed E-state index contributed by atoms with van der Waals surface area (Å²) in [4.78, 5) is 0. The Kier molecular flexibility index (Phi) is 7.48. The van der Waals surface area contributed by atoms with E-state index in [1.807, 2.05) is 72.8 Å². The van der Waals surface area contributed by atoms with Crippen molar-refractivity contribution in [3.63, 3.8) is 0 Å². The normalized spacial score (nSPS) is 10.9. The average molecular weight is 443 g/mol. The van der Waals surface area contributed by atoms with Crippen molar-refractivity contribution in [3.05, 3.63) is 94.0 Å². The maximum absolute atomic E-state index is 6.11. The summed E-state index contributed by atoms with van der Waals surface area (Å²) in [6, 6.07) is 23.9. The van der Waals surface area contributed by atoms with Gasteiger partial charge in [-0.2, -0.15) is 0 Å². The molecule has 0 unspecified atom stereocenters. The van der Waals surface area contributed by atoms with Gasteiger partial charge in [0.1, 0.15) is 13.2 Å². The molecule has 0 aliphatic rings. The molecule has 3 aromatic carbocycles. The molecule has 4 nitrogen and oxygen atoms in total. The van der Waals surface area contributed by atoms with Crippen LogP contribution < -0.4 is 9.47 Å². The van der Waals surface area contributed by atoms with Crippen molar-refractivity contribution in [1.29, 1.82) is 0 Å². The fourth-order valence-corrected chi connectivity index (χ4v) is 3.38. The topological polar surface area (TPSA) is 36.9 Å². The lowest BCUT2D eigenvalue weighted by atomic mass is 10.2. The predicted octanol–water partition coefficient (Wildman–Crippen LogP) is 5.90. The van der Waals surface area contributed by atoms with E-state index in [1.165, 1.54) is 0 Å². The van der Waals surface area contributed by atoms with Crippen LogP contribution in [-0.2, 0) is 22.7 Å². The number of hydrogen-bond acceptors (Lipinski definition) is 4. The van der Waals surface area contributed by atoms with E-state index in [2.05, 4.69) is 15.9 Å². The first kappa shape index (κ1) is 20.4. The Hall–Kier alpha value is -2.34. The summed E-state index contributed by atoms with van der Waals surface area (Å²) in [5, 5.41) is 0. The molecule has 3 aromatic rings. The maximum Gasteiger partial charge on any atom is 0.183 e. The van der Waals surface area contributed by atoms with Crippen LogP contribution >= 0.6 is 15.9 Å². The molecule has 146 valence electrons. The van der Waals surface area contributed by atoms with Gasteiger partial charge in [0, 0.05) is 19.8 Å². The van der Waals surface area contributed by atoms with Crippen LogP contribution in [0.5, 0.6) is 11.5 Å². The zero-order valence-corrected chi connectivity index (χ0v) is 17.5. The highest BCUT2D eigenvalue weighted by molar-refractivity contribution is 9.10. The standard InChI is InChI=1S/C23H23BrO4/c1-25-23(26-2)19-13-20(24)22(28-16-18-11-7-4-8-12-18)21(14-19)27-15-17-9-5-3-6-10-17/h3-14,23H,15-16H2,1-2H3. The van der Waals surface area contributed by atoms with Crippen LogP contribution in [0.15, 0.2) is 77.3 Å². The van der Waals surface area contributed by atoms with Gasteiger partial charge in [-0.25, -0.2) is 0 Å². The van der Waals surface area contributed by atoms with E-state index in [-0.39, 0.29) is 0 Å². The minimum atomic E-state index is -0.487.